The van der Waals surface area contributed by atoms with Gasteiger partial charge in [-0.3, -0.25) is 29.1 Å². The highest BCUT2D eigenvalue weighted by Crippen LogP contribution is 2.21. The predicted molar refractivity (Wildman–Crippen MR) is 119 cm³/mol. The number of fused-ring (bicyclic) bond motifs is 1. The van der Waals surface area contributed by atoms with Gasteiger partial charge >= 0.3 is 0 Å². The van der Waals surface area contributed by atoms with Crippen molar-refractivity contribution >= 4 is 40.2 Å². The Hall–Kier alpha value is -3.52. The van der Waals surface area contributed by atoms with E-state index in [0.717, 1.165) is 5.56 Å². The molecule has 1 fully saturated rings. The molecular formula is C23H21ClN4O4. The van der Waals surface area contributed by atoms with E-state index in [4.69, 9.17) is 11.6 Å². The summed E-state index contributed by atoms with van der Waals surface area (Å²) in [6.45, 7) is 1.80. The summed E-state index contributed by atoms with van der Waals surface area (Å²) in [5.74, 6) is -0.674. The molecule has 0 radical (unpaired) electrons. The van der Waals surface area contributed by atoms with E-state index in [1.807, 2.05) is 0 Å². The zero-order valence-corrected chi connectivity index (χ0v) is 18.1. The summed E-state index contributed by atoms with van der Waals surface area (Å²) in [5.41, 5.74) is 1.54. The standard InChI is InChI=1S/C23H21ClN4O4/c1-13-26-17-4-2-3-15(12-25-20(30)11-14-5-7-16(24)8-6-14)21(17)23(32)28(13)18-9-10-19(29)27-22(18)31/h2-8,18H,9-12H2,1H3,(H,25,30)(H,27,29,31). The number of hydrogen-bond acceptors (Lipinski definition) is 5. The first-order valence-corrected chi connectivity index (χ1v) is 10.6. The third kappa shape index (κ3) is 4.40. The molecule has 2 heterocycles. The molecule has 164 valence electrons. The quantitative estimate of drug-likeness (QED) is 0.576. The number of aromatic nitrogens is 2. The van der Waals surface area contributed by atoms with Gasteiger partial charge < -0.3 is 5.32 Å². The zero-order chi connectivity index (χ0) is 22.8. The second-order valence-electron chi connectivity index (χ2n) is 7.69. The highest BCUT2D eigenvalue weighted by molar-refractivity contribution is 6.30. The summed E-state index contributed by atoms with van der Waals surface area (Å²) in [5, 5.41) is 6.06. The first-order valence-electron chi connectivity index (χ1n) is 10.2. The Morgan fingerprint density at radius 1 is 1.19 bits per heavy atom. The average Bonchev–Trinajstić information content (AvgIpc) is 2.75. The van der Waals surface area contributed by atoms with Crippen LogP contribution in [-0.4, -0.2) is 27.3 Å². The predicted octanol–water partition coefficient (Wildman–Crippen LogP) is 2.19. The number of halogens is 1. The summed E-state index contributed by atoms with van der Waals surface area (Å²) >= 11 is 5.88. The molecule has 0 bridgehead atoms. The molecule has 4 rings (SSSR count). The van der Waals surface area contributed by atoms with Gasteiger partial charge in [-0.15, -0.1) is 0 Å². The molecule has 2 N–H and O–H groups in total. The normalized spacial score (nSPS) is 16.1. The maximum absolute atomic E-state index is 13.4. The van der Waals surface area contributed by atoms with E-state index in [9.17, 15) is 19.2 Å². The molecule has 3 aromatic rings. The second kappa shape index (κ2) is 8.92. The lowest BCUT2D eigenvalue weighted by Crippen LogP contribution is -2.45. The molecule has 0 saturated carbocycles. The van der Waals surface area contributed by atoms with Crippen LogP contribution in [0.15, 0.2) is 47.3 Å². The number of nitrogens with one attached hydrogen (secondary N) is 2. The number of carbonyl (C=O) groups excluding carboxylic acids is 3. The van der Waals surface area contributed by atoms with E-state index >= 15 is 0 Å². The molecule has 1 saturated heterocycles. The van der Waals surface area contributed by atoms with E-state index in [1.54, 1.807) is 49.4 Å². The van der Waals surface area contributed by atoms with Crippen LogP contribution in [0.2, 0.25) is 5.02 Å². The minimum absolute atomic E-state index is 0.138. The van der Waals surface area contributed by atoms with Crippen molar-refractivity contribution in [2.75, 3.05) is 0 Å². The number of piperidine rings is 1. The van der Waals surface area contributed by atoms with E-state index in [2.05, 4.69) is 15.6 Å². The zero-order valence-electron chi connectivity index (χ0n) is 17.4. The number of aryl methyl sites for hydroxylation is 1. The van der Waals surface area contributed by atoms with Crippen molar-refractivity contribution in [2.45, 2.75) is 38.8 Å². The average molecular weight is 453 g/mol. The smallest absolute Gasteiger partial charge is 0.262 e. The monoisotopic (exact) mass is 452 g/mol. The molecule has 1 atom stereocenters. The highest BCUT2D eigenvalue weighted by atomic mass is 35.5. The second-order valence-corrected chi connectivity index (χ2v) is 8.13. The van der Waals surface area contributed by atoms with E-state index in [1.165, 1.54) is 4.57 Å². The number of benzene rings is 2. The van der Waals surface area contributed by atoms with Crippen molar-refractivity contribution in [2.24, 2.45) is 0 Å². The fourth-order valence-electron chi connectivity index (χ4n) is 3.91. The number of hydrogen-bond donors (Lipinski definition) is 2. The molecule has 9 heteroatoms. The van der Waals surface area contributed by atoms with Gasteiger partial charge in [0.15, 0.2) is 0 Å². The molecule has 3 amide bonds. The molecule has 1 aromatic heterocycles. The molecule has 8 nitrogen and oxygen atoms in total. The number of rotatable bonds is 5. The van der Waals surface area contributed by atoms with Gasteiger partial charge in [-0.25, -0.2) is 4.98 Å². The van der Waals surface area contributed by atoms with Crippen LogP contribution in [0, 0.1) is 6.92 Å². The van der Waals surface area contributed by atoms with Crippen molar-refractivity contribution in [1.29, 1.82) is 0 Å². The summed E-state index contributed by atoms with van der Waals surface area (Å²) < 4.78 is 1.34. The van der Waals surface area contributed by atoms with Gasteiger partial charge in [-0.05, 0) is 42.7 Å². The first-order chi connectivity index (χ1) is 15.3. The summed E-state index contributed by atoms with van der Waals surface area (Å²) in [6.07, 6.45) is 0.571. The largest absolute Gasteiger partial charge is 0.352 e. The van der Waals surface area contributed by atoms with E-state index in [0.29, 0.717) is 27.3 Å². The van der Waals surface area contributed by atoms with Crippen LogP contribution in [-0.2, 0) is 27.3 Å². The molecule has 1 unspecified atom stereocenters. The fourth-order valence-corrected chi connectivity index (χ4v) is 4.04. The van der Waals surface area contributed by atoms with Gasteiger partial charge in [-0.1, -0.05) is 35.9 Å². The molecule has 2 aromatic carbocycles. The Balaban J connectivity index is 1.61. The fraction of sp³-hybridized carbons (Fsp3) is 0.261. The van der Waals surface area contributed by atoms with Crippen LogP contribution < -0.4 is 16.2 Å². The van der Waals surface area contributed by atoms with Gasteiger partial charge in [-0.2, -0.15) is 0 Å². The van der Waals surface area contributed by atoms with Crippen LogP contribution in [0.3, 0.4) is 0 Å². The van der Waals surface area contributed by atoms with E-state index in [-0.39, 0.29) is 43.2 Å². The summed E-state index contributed by atoms with van der Waals surface area (Å²) in [4.78, 5) is 54.2. The van der Waals surface area contributed by atoms with Gasteiger partial charge in [0.2, 0.25) is 17.7 Å². The Bertz CT molecular complexity index is 1280. The van der Waals surface area contributed by atoms with Crippen LogP contribution >= 0.6 is 11.6 Å². The Morgan fingerprint density at radius 2 is 1.94 bits per heavy atom. The van der Waals surface area contributed by atoms with Crippen molar-refractivity contribution in [3.63, 3.8) is 0 Å². The van der Waals surface area contributed by atoms with Crippen molar-refractivity contribution < 1.29 is 14.4 Å². The number of carbonyl (C=O) groups is 3. The Morgan fingerprint density at radius 3 is 2.66 bits per heavy atom. The molecule has 1 aliphatic heterocycles. The number of nitrogens with zero attached hydrogens (tertiary/aromatic N) is 2. The number of imide groups is 1. The Labute approximate surface area is 188 Å². The lowest BCUT2D eigenvalue weighted by molar-refractivity contribution is -0.135. The van der Waals surface area contributed by atoms with Gasteiger partial charge in [0.05, 0.1) is 17.3 Å². The third-order valence-electron chi connectivity index (χ3n) is 5.47. The first kappa shape index (κ1) is 21.7. The SMILES string of the molecule is Cc1nc2cccc(CNC(=O)Cc3ccc(Cl)cc3)c2c(=O)n1C1CCC(=O)NC1=O. The van der Waals surface area contributed by atoms with Crippen molar-refractivity contribution in [3.05, 3.63) is 74.8 Å². The third-order valence-corrected chi connectivity index (χ3v) is 5.72. The maximum Gasteiger partial charge on any atom is 0.262 e. The van der Waals surface area contributed by atoms with Crippen molar-refractivity contribution in [3.8, 4) is 0 Å². The van der Waals surface area contributed by atoms with Gasteiger partial charge in [0.1, 0.15) is 11.9 Å². The molecular weight excluding hydrogens is 432 g/mol. The highest BCUT2D eigenvalue weighted by Gasteiger charge is 2.30. The van der Waals surface area contributed by atoms with Gasteiger partial charge in [0.25, 0.3) is 5.56 Å². The molecule has 32 heavy (non-hydrogen) atoms. The minimum atomic E-state index is -0.801. The lowest BCUT2D eigenvalue weighted by Gasteiger charge is -2.24. The Kier molecular flexibility index (Phi) is 6.05. The topological polar surface area (TPSA) is 110 Å². The van der Waals surface area contributed by atoms with Crippen LogP contribution in [0.4, 0.5) is 0 Å². The summed E-state index contributed by atoms with van der Waals surface area (Å²) in [7, 11) is 0. The molecule has 1 aliphatic rings. The van der Waals surface area contributed by atoms with Crippen LogP contribution in [0.5, 0.6) is 0 Å². The van der Waals surface area contributed by atoms with Crippen LogP contribution in [0.25, 0.3) is 10.9 Å². The maximum atomic E-state index is 13.4. The van der Waals surface area contributed by atoms with Crippen molar-refractivity contribution in [1.82, 2.24) is 20.2 Å². The summed E-state index contributed by atoms with van der Waals surface area (Å²) in [6, 6.07) is 11.4. The molecule has 0 aliphatic carbocycles. The van der Waals surface area contributed by atoms with Crippen LogP contribution in [0.1, 0.15) is 35.8 Å². The molecule has 0 spiro atoms. The number of amides is 3. The van der Waals surface area contributed by atoms with E-state index < -0.39 is 11.9 Å². The van der Waals surface area contributed by atoms with Gasteiger partial charge in [0, 0.05) is 18.0 Å². The minimum Gasteiger partial charge on any atom is -0.352 e. The lowest BCUT2D eigenvalue weighted by atomic mass is 10.0.